The van der Waals surface area contributed by atoms with Crippen LogP contribution in [0.1, 0.15) is 58.8 Å². The van der Waals surface area contributed by atoms with Crippen LogP contribution in [-0.4, -0.2) is 32.2 Å². The highest BCUT2D eigenvalue weighted by Crippen LogP contribution is 2.35. The van der Waals surface area contributed by atoms with E-state index in [4.69, 9.17) is 4.74 Å². The Labute approximate surface area is 115 Å². The van der Waals surface area contributed by atoms with Gasteiger partial charge in [-0.05, 0) is 13.3 Å². The molecule has 0 aliphatic carbocycles. The van der Waals surface area contributed by atoms with E-state index < -0.39 is 22.5 Å². The Morgan fingerprint density at radius 1 is 1.11 bits per heavy atom. The second-order valence-electron chi connectivity index (χ2n) is 4.71. The molecule has 0 aromatic rings. The van der Waals surface area contributed by atoms with Gasteiger partial charge in [0.25, 0.3) is 0 Å². The molecule has 1 unspecified atom stereocenters. The first kappa shape index (κ1) is 16.8. The first-order chi connectivity index (χ1) is 8.93. The van der Waals surface area contributed by atoms with Crippen molar-refractivity contribution in [3.05, 3.63) is 0 Å². The highest BCUT2D eigenvalue weighted by atomic mass is 32.3. The fourth-order valence-electron chi connectivity index (χ4n) is 2.09. The van der Waals surface area contributed by atoms with Crippen molar-refractivity contribution in [1.29, 1.82) is 0 Å². The van der Waals surface area contributed by atoms with Gasteiger partial charge in [-0.2, -0.15) is 16.8 Å². The summed E-state index contributed by atoms with van der Waals surface area (Å²) < 4.78 is 35.7. The molecule has 1 aliphatic rings. The van der Waals surface area contributed by atoms with Crippen molar-refractivity contribution in [2.24, 2.45) is 0 Å². The Bertz CT molecular complexity index is 341. The molecule has 1 rings (SSSR count). The van der Waals surface area contributed by atoms with Gasteiger partial charge < -0.3 is 9.84 Å². The Kier molecular flexibility index (Phi) is 6.68. The Morgan fingerprint density at radius 3 is 2.21 bits per heavy atom. The summed E-state index contributed by atoms with van der Waals surface area (Å²) in [6.07, 6.45) is 6.34. The Hall–Kier alpha value is -0.210. The van der Waals surface area contributed by atoms with Crippen LogP contribution in [0.15, 0.2) is 0 Å². The van der Waals surface area contributed by atoms with Crippen LogP contribution >= 0.6 is 0 Å². The fraction of sp³-hybridized carbons (Fsp3) is 1.00. The monoisotopic (exact) mass is 296 g/mol. The number of ether oxygens (including phenoxy) is 1. The minimum absolute atomic E-state index is 0.357. The minimum atomic E-state index is -4.03. The van der Waals surface area contributed by atoms with E-state index in [1.807, 2.05) is 0 Å². The predicted molar refractivity (Wildman–Crippen MR) is 69.4 cm³/mol. The van der Waals surface area contributed by atoms with Crippen LogP contribution in [0.3, 0.4) is 0 Å². The number of unbranched alkanes of at least 4 members (excludes halogenated alkanes) is 5. The van der Waals surface area contributed by atoms with E-state index in [0.29, 0.717) is 13.0 Å². The average molecular weight is 296 g/mol. The zero-order valence-corrected chi connectivity index (χ0v) is 12.4. The van der Waals surface area contributed by atoms with Gasteiger partial charge in [-0.1, -0.05) is 45.4 Å². The number of hydrogen-bond donors (Lipinski definition) is 1. The van der Waals surface area contributed by atoms with E-state index in [2.05, 4.69) is 15.3 Å². The third-order valence-electron chi connectivity index (χ3n) is 3.04. The lowest BCUT2D eigenvalue weighted by Gasteiger charge is -2.39. The van der Waals surface area contributed by atoms with Crippen molar-refractivity contribution in [3.8, 4) is 0 Å². The highest BCUT2D eigenvalue weighted by Gasteiger charge is 2.57. The van der Waals surface area contributed by atoms with E-state index in [-0.39, 0.29) is 0 Å². The summed E-state index contributed by atoms with van der Waals surface area (Å²) in [7, 11) is -4.03. The first-order valence-corrected chi connectivity index (χ1v) is 8.27. The van der Waals surface area contributed by atoms with Crippen molar-refractivity contribution in [2.75, 3.05) is 6.61 Å². The largest absolute Gasteiger partial charge is 0.409 e. The molecule has 0 spiro atoms. The molecule has 1 saturated heterocycles. The molecule has 7 heteroatoms. The zero-order valence-electron chi connectivity index (χ0n) is 11.6. The van der Waals surface area contributed by atoms with Gasteiger partial charge in [0, 0.05) is 6.61 Å². The summed E-state index contributed by atoms with van der Waals surface area (Å²) in [6, 6.07) is 0. The molecule has 1 atom stereocenters. The molecule has 0 bridgehead atoms. The van der Waals surface area contributed by atoms with Crippen LogP contribution in [0.2, 0.25) is 0 Å². The average Bonchev–Trinajstić information content (AvgIpc) is 2.29. The van der Waals surface area contributed by atoms with Gasteiger partial charge in [0.15, 0.2) is 0 Å². The maximum atomic E-state index is 10.8. The fourth-order valence-corrected chi connectivity index (χ4v) is 2.90. The summed E-state index contributed by atoms with van der Waals surface area (Å²) in [5.74, 6) is -2.14. The molecule has 0 aromatic heterocycles. The van der Waals surface area contributed by atoms with Gasteiger partial charge in [0.2, 0.25) is 0 Å². The van der Waals surface area contributed by atoms with E-state index in [0.717, 1.165) is 19.3 Å². The van der Waals surface area contributed by atoms with Crippen molar-refractivity contribution in [2.45, 2.75) is 70.9 Å². The topological polar surface area (TPSA) is 82.1 Å². The van der Waals surface area contributed by atoms with Crippen LogP contribution in [-0.2, 0) is 23.5 Å². The summed E-state index contributed by atoms with van der Waals surface area (Å²) >= 11 is 0. The van der Waals surface area contributed by atoms with Crippen LogP contribution < -0.4 is 0 Å². The first-order valence-electron chi connectivity index (χ1n) is 6.93. The lowest BCUT2D eigenvalue weighted by molar-refractivity contribution is -0.372. The normalized spacial score (nSPS) is 21.8. The summed E-state index contributed by atoms with van der Waals surface area (Å²) in [5.41, 5.74) is 0. The SMILES string of the molecule is CCCCCCCCC(OCC)C1(O)OS(=O)(=O)O1. The van der Waals surface area contributed by atoms with Crippen molar-refractivity contribution in [1.82, 2.24) is 0 Å². The molecule has 0 radical (unpaired) electrons. The Balaban J connectivity index is 2.29. The van der Waals surface area contributed by atoms with Crippen LogP contribution in [0, 0.1) is 0 Å². The van der Waals surface area contributed by atoms with Gasteiger partial charge >= 0.3 is 16.4 Å². The van der Waals surface area contributed by atoms with E-state index >= 15 is 0 Å². The standard InChI is InChI=1S/C12H24O6S/c1-3-5-6-7-8-9-10-11(16-4-2)12(13)17-19(14,15)18-12/h11,13H,3-10H2,1-2H3. The molecule has 0 amide bonds. The summed E-state index contributed by atoms with van der Waals surface area (Å²) in [4.78, 5) is 0. The summed E-state index contributed by atoms with van der Waals surface area (Å²) in [6.45, 7) is 4.28. The molecular weight excluding hydrogens is 272 g/mol. The molecule has 114 valence electrons. The molecule has 6 nitrogen and oxygen atoms in total. The van der Waals surface area contributed by atoms with Crippen LogP contribution in [0.5, 0.6) is 0 Å². The quantitative estimate of drug-likeness (QED) is 0.622. The molecule has 0 saturated carbocycles. The van der Waals surface area contributed by atoms with Gasteiger partial charge in [0.1, 0.15) is 6.10 Å². The second-order valence-corrected chi connectivity index (χ2v) is 5.86. The highest BCUT2D eigenvalue weighted by molar-refractivity contribution is 7.82. The van der Waals surface area contributed by atoms with E-state index in [9.17, 15) is 13.5 Å². The molecular formula is C12H24O6S. The van der Waals surface area contributed by atoms with E-state index in [1.165, 1.54) is 19.3 Å². The lowest BCUT2D eigenvalue weighted by Crippen LogP contribution is -2.59. The third-order valence-corrected chi connectivity index (χ3v) is 3.92. The van der Waals surface area contributed by atoms with E-state index in [1.54, 1.807) is 6.92 Å². The molecule has 1 aliphatic heterocycles. The van der Waals surface area contributed by atoms with Crippen molar-refractivity contribution < 1.29 is 26.6 Å². The Morgan fingerprint density at radius 2 is 1.68 bits per heavy atom. The van der Waals surface area contributed by atoms with Gasteiger partial charge in [-0.25, -0.2) is 0 Å². The third kappa shape index (κ3) is 5.35. The summed E-state index contributed by atoms with van der Waals surface area (Å²) in [5, 5.41) is 9.83. The van der Waals surface area contributed by atoms with Gasteiger partial charge in [-0.15, -0.1) is 0 Å². The molecule has 19 heavy (non-hydrogen) atoms. The molecule has 1 fully saturated rings. The molecule has 0 aromatic carbocycles. The van der Waals surface area contributed by atoms with Gasteiger partial charge in [0.05, 0.1) is 0 Å². The smallest absolute Gasteiger partial charge is 0.370 e. The zero-order chi connectivity index (χ0) is 14.4. The van der Waals surface area contributed by atoms with Crippen LogP contribution in [0.25, 0.3) is 0 Å². The van der Waals surface area contributed by atoms with Crippen LogP contribution in [0.4, 0.5) is 0 Å². The van der Waals surface area contributed by atoms with Crippen molar-refractivity contribution >= 4 is 10.4 Å². The lowest BCUT2D eigenvalue weighted by atomic mass is 10.1. The van der Waals surface area contributed by atoms with Crippen molar-refractivity contribution in [3.63, 3.8) is 0 Å². The van der Waals surface area contributed by atoms with Gasteiger partial charge in [-0.3, -0.25) is 0 Å². The molecule has 1 N–H and O–H groups in total. The number of hydrogen-bond acceptors (Lipinski definition) is 6. The minimum Gasteiger partial charge on any atom is -0.370 e. The number of rotatable bonds is 10. The molecule has 1 heterocycles. The maximum Gasteiger partial charge on any atom is 0.409 e. The second kappa shape index (κ2) is 7.54. The maximum absolute atomic E-state index is 10.8. The predicted octanol–water partition coefficient (Wildman–Crippen LogP) is 2.08. The number of aliphatic hydroxyl groups is 1.